The van der Waals surface area contributed by atoms with Crippen molar-refractivity contribution in [2.45, 2.75) is 17.7 Å². The minimum atomic E-state index is 0.0782. The minimum Gasteiger partial charge on any atom is -0.383 e. The van der Waals surface area contributed by atoms with Gasteiger partial charge in [-0.25, -0.2) is 0 Å². The lowest BCUT2D eigenvalue weighted by Crippen LogP contribution is -2.31. The number of alkyl halides is 1. The molecule has 1 N–H and O–H groups in total. The van der Waals surface area contributed by atoms with Crippen molar-refractivity contribution in [2.24, 2.45) is 0 Å². The van der Waals surface area contributed by atoms with Gasteiger partial charge in [0.2, 0.25) is 5.91 Å². The van der Waals surface area contributed by atoms with Gasteiger partial charge in [-0.2, -0.15) is 0 Å². The van der Waals surface area contributed by atoms with Crippen molar-refractivity contribution in [3.63, 3.8) is 0 Å². The lowest BCUT2D eigenvalue weighted by Gasteiger charge is -2.10. The van der Waals surface area contributed by atoms with Crippen molar-refractivity contribution in [2.75, 3.05) is 20.3 Å². The Balaban J connectivity index is 2.17. The Morgan fingerprint density at radius 2 is 2.12 bits per heavy atom. The third kappa shape index (κ3) is 6.44. The lowest BCUT2D eigenvalue weighted by molar-refractivity contribution is -0.121. The number of rotatable bonds is 7. The molecule has 0 spiro atoms. The number of hydrogen-bond donors (Lipinski definition) is 1. The molecule has 1 aromatic rings. The molecule has 3 nitrogen and oxygen atoms in total. The first-order valence-corrected chi connectivity index (χ1v) is 6.57. The van der Waals surface area contributed by atoms with Crippen LogP contribution in [-0.2, 0) is 16.0 Å². The van der Waals surface area contributed by atoms with E-state index < -0.39 is 0 Å². The summed E-state index contributed by atoms with van der Waals surface area (Å²) in [6.07, 6.45) is 1.31. The highest BCUT2D eigenvalue weighted by Crippen LogP contribution is 2.02. The molecule has 1 atom stereocenters. The van der Waals surface area contributed by atoms with Gasteiger partial charge in [0.1, 0.15) is 0 Å². The molecule has 0 saturated carbocycles. The maximum absolute atomic E-state index is 11.6. The van der Waals surface area contributed by atoms with Crippen LogP contribution in [0, 0.1) is 0 Å². The highest BCUT2D eigenvalue weighted by Gasteiger charge is 2.06. The van der Waals surface area contributed by atoms with E-state index in [1.165, 1.54) is 5.56 Å². The molecular formula is C13H18BrNO2. The molecule has 0 fully saturated rings. The van der Waals surface area contributed by atoms with Crippen LogP contribution in [0.15, 0.2) is 30.3 Å². The van der Waals surface area contributed by atoms with Gasteiger partial charge < -0.3 is 10.1 Å². The molecule has 0 heterocycles. The second kappa shape index (κ2) is 8.25. The SMILES string of the molecule is COCC(Br)CNC(=O)CCc1ccccc1. The zero-order valence-electron chi connectivity index (χ0n) is 9.99. The average Bonchev–Trinajstić information content (AvgIpc) is 2.35. The standard InChI is InChI=1S/C13H18BrNO2/c1-17-10-12(14)9-15-13(16)8-7-11-5-3-2-4-6-11/h2-6,12H,7-10H2,1H3,(H,15,16). The van der Waals surface area contributed by atoms with Gasteiger partial charge in [-0.3, -0.25) is 4.79 Å². The lowest BCUT2D eigenvalue weighted by atomic mass is 10.1. The van der Waals surface area contributed by atoms with Gasteiger partial charge in [-0.1, -0.05) is 46.3 Å². The molecule has 1 rings (SSSR count). The van der Waals surface area contributed by atoms with E-state index >= 15 is 0 Å². The second-order valence-corrected chi connectivity index (χ2v) is 5.14. The summed E-state index contributed by atoms with van der Waals surface area (Å²) >= 11 is 3.42. The number of carbonyl (C=O) groups is 1. The summed E-state index contributed by atoms with van der Waals surface area (Å²) in [4.78, 5) is 11.7. The number of nitrogens with one attached hydrogen (secondary N) is 1. The third-order valence-corrected chi connectivity index (χ3v) is 2.94. The van der Waals surface area contributed by atoms with Crippen molar-refractivity contribution in [1.82, 2.24) is 5.32 Å². The average molecular weight is 300 g/mol. The number of benzene rings is 1. The largest absolute Gasteiger partial charge is 0.383 e. The summed E-state index contributed by atoms with van der Waals surface area (Å²) in [6.45, 7) is 1.19. The molecule has 0 aromatic heterocycles. The van der Waals surface area contributed by atoms with Crippen molar-refractivity contribution in [3.8, 4) is 0 Å². The van der Waals surface area contributed by atoms with E-state index in [2.05, 4.69) is 21.2 Å². The topological polar surface area (TPSA) is 38.3 Å². The van der Waals surface area contributed by atoms with E-state index in [1.807, 2.05) is 30.3 Å². The summed E-state index contributed by atoms with van der Waals surface area (Å²) in [6, 6.07) is 10.0. The van der Waals surface area contributed by atoms with E-state index in [-0.39, 0.29) is 10.7 Å². The van der Waals surface area contributed by atoms with Crippen LogP contribution in [0.4, 0.5) is 0 Å². The Kier molecular flexibility index (Phi) is 6.89. The molecule has 0 radical (unpaired) electrons. The van der Waals surface area contributed by atoms with Gasteiger partial charge in [0.05, 0.1) is 11.4 Å². The number of aryl methyl sites for hydroxylation is 1. The monoisotopic (exact) mass is 299 g/mol. The number of halogens is 1. The van der Waals surface area contributed by atoms with E-state index in [4.69, 9.17) is 4.74 Å². The number of amides is 1. The van der Waals surface area contributed by atoms with Gasteiger partial charge in [0.25, 0.3) is 0 Å². The Morgan fingerprint density at radius 1 is 1.41 bits per heavy atom. The van der Waals surface area contributed by atoms with Crippen molar-refractivity contribution >= 4 is 21.8 Å². The van der Waals surface area contributed by atoms with Crippen LogP contribution in [0.2, 0.25) is 0 Å². The van der Waals surface area contributed by atoms with E-state index in [0.29, 0.717) is 19.6 Å². The van der Waals surface area contributed by atoms with Crippen LogP contribution in [0.3, 0.4) is 0 Å². The first-order chi connectivity index (χ1) is 8.22. The first-order valence-electron chi connectivity index (χ1n) is 5.66. The second-order valence-electron chi connectivity index (χ2n) is 3.84. The fourth-order valence-electron chi connectivity index (χ4n) is 1.46. The van der Waals surface area contributed by atoms with E-state index in [0.717, 1.165) is 6.42 Å². The van der Waals surface area contributed by atoms with Crippen LogP contribution < -0.4 is 5.32 Å². The predicted octanol–water partition coefficient (Wildman–Crippen LogP) is 2.15. The van der Waals surface area contributed by atoms with Crippen LogP contribution in [0.1, 0.15) is 12.0 Å². The Hall–Kier alpha value is -0.870. The van der Waals surface area contributed by atoms with Crippen LogP contribution in [-0.4, -0.2) is 31.0 Å². The van der Waals surface area contributed by atoms with E-state index in [1.54, 1.807) is 7.11 Å². The molecule has 94 valence electrons. The Labute approximate surface area is 111 Å². The molecule has 4 heteroatoms. The summed E-state index contributed by atoms with van der Waals surface area (Å²) in [5, 5.41) is 2.87. The van der Waals surface area contributed by atoms with Crippen LogP contribution >= 0.6 is 15.9 Å². The minimum absolute atomic E-state index is 0.0782. The molecule has 0 bridgehead atoms. The molecular weight excluding hydrogens is 282 g/mol. The summed E-state index contributed by atoms with van der Waals surface area (Å²) < 4.78 is 4.97. The molecule has 0 aliphatic rings. The van der Waals surface area contributed by atoms with Gasteiger partial charge in [-0.15, -0.1) is 0 Å². The highest BCUT2D eigenvalue weighted by atomic mass is 79.9. The van der Waals surface area contributed by atoms with Gasteiger partial charge in [-0.05, 0) is 12.0 Å². The predicted molar refractivity (Wildman–Crippen MR) is 72.4 cm³/mol. The molecule has 1 amide bonds. The Morgan fingerprint density at radius 3 is 2.76 bits per heavy atom. The number of methoxy groups -OCH3 is 1. The highest BCUT2D eigenvalue weighted by molar-refractivity contribution is 9.09. The molecule has 17 heavy (non-hydrogen) atoms. The number of hydrogen-bond acceptors (Lipinski definition) is 2. The smallest absolute Gasteiger partial charge is 0.220 e. The van der Waals surface area contributed by atoms with Crippen molar-refractivity contribution in [3.05, 3.63) is 35.9 Å². The van der Waals surface area contributed by atoms with Crippen molar-refractivity contribution < 1.29 is 9.53 Å². The van der Waals surface area contributed by atoms with Gasteiger partial charge in [0.15, 0.2) is 0 Å². The summed E-state index contributed by atoms with van der Waals surface area (Å²) in [7, 11) is 1.64. The zero-order valence-corrected chi connectivity index (χ0v) is 11.6. The van der Waals surface area contributed by atoms with E-state index in [9.17, 15) is 4.79 Å². The fourth-order valence-corrected chi connectivity index (χ4v) is 1.88. The van der Waals surface area contributed by atoms with Crippen LogP contribution in [0.5, 0.6) is 0 Å². The molecule has 1 unspecified atom stereocenters. The maximum Gasteiger partial charge on any atom is 0.220 e. The number of ether oxygens (including phenoxy) is 1. The van der Waals surface area contributed by atoms with Crippen molar-refractivity contribution in [1.29, 1.82) is 0 Å². The molecule has 0 aliphatic heterocycles. The summed E-state index contributed by atoms with van der Waals surface area (Å²) in [5.41, 5.74) is 1.19. The summed E-state index contributed by atoms with van der Waals surface area (Å²) in [5.74, 6) is 0.0782. The van der Waals surface area contributed by atoms with Gasteiger partial charge in [0, 0.05) is 20.1 Å². The molecule has 0 aliphatic carbocycles. The maximum atomic E-state index is 11.6. The van der Waals surface area contributed by atoms with Crippen LogP contribution in [0.25, 0.3) is 0 Å². The van der Waals surface area contributed by atoms with Gasteiger partial charge >= 0.3 is 0 Å². The third-order valence-electron chi connectivity index (χ3n) is 2.35. The molecule has 0 saturated heterocycles. The fraction of sp³-hybridized carbons (Fsp3) is 0.462. The molecule has 1 aromatic carbocycles. The normalized spacial score (nSPS) is 12.1. The Bertz CT molecular complexity index is 329. The first kappa shape index (κ1) is 14.2. The zero-order chi connectivity index (χ0) is 12.5. The quantitative estimate of drug-likeness (QED) is 0.784. The number of carbonyl (C=O) groups excluding carboxylic acids is 1.